The number of ketones is 1. The lowest BCUT2D eigenvalue weighted by Gasteiger charge is -2.22. The molecule has 1 amide bonds. The first-order chi connectivity index (χ1) is 18.3. The summed E-state index contributed by atoms with van der Waals surface area (Å²) in [6.07, 6.45) is 2.86. The lowest BCUT2D eigenvalue weighted by atomic mass is 9.95. The summed E-state index contributed by atoms with van der Waals surface area (Å²) >= 11 is 8.67. The summed E-state index contributed by atoms with van der Waals surface area (Å²) in [5.74, 6) is -1.81. The van der Waals surface area contributed by atoms with Gasteiger partial charge < -0.3 is 5.11 Å². The molecule has 1 fully saturated rings. The van der Waals surface area contributed by atoms with Crippen molar-refractivity contribution in [3.8, 4) is 0 Å². The van der Waals surface area contributed by atoms with Crippen molar-refractivity contribution in [1.29, 1.82) is 0 Å². The quantitative estimate of drug-likeness (QED) is 0.0592. The summed E-state index contributed by atoms with van der Waals surface area (Å²) in [7, 11) is 0. The van der Waals surface area contributed by atoms with Crippen LogP contribution >= 0.6 is 34.7 Å². The second kappa shape index (κ2) is 10.7. The summed E-state index contributed by atoms with van der Waals surface area (Å²) in [5, 5.41) is 31.6. The van der Waals surface area contributed by atoms with Gasteiger partial charge in [-0.25, -0.2) is 0 Å². The Morgan fingerprint density at radius 2 is 1.87 bits per heavy atom. The largest absolute Gasteiger partial charge is 0.507 e. The minimum atomic E-state index is -1.17. The molecule has 0 bridgehead atoms. The molecule has 13 heteroatoms. The average Bonchev–Trinajstić information content (AvgIpc) is 3.50. The van der Waals surface area contributed by atoms with E-state index in [1.165, 1.54) is 54.5 Å². The van der Waals surface area contributed by atoms with Crippen LogP contribution in [0.3, 0.4) is 0 Å². The number of hydrogen-bond donors (Lipinski definition) is 1. The topological polar surface area (TPSA) is 139 Å². The SMILES string of the molecule is O=C1C(=O)N(c2nnc(SCc3ccccc3Cl)s2)C(c2cccc([N+](=O)[O-])c2)C1=C(O)c1ccncc1. The van der Waals surface area contributed by atoms with Gasteiger partial charge in [0.25, 0.3) is 11.5 Å². The molecule has 0 radical (unpaired) electrons. The summed E-state index contributed by atoms with van der Waals surface area (Å²) in [4.78, 5) is 42.4. The maximum absolute atomic E-state index is 13.3. The number of benzene rings is 2. The monoisotopic (exact) mass is 565 g/mol. The van der Waals surface area contributed by atoms with Crippen LogP contribution in [0, 0.1) is 10.1 Å². The molecule has 1 saturated heterocycles. The van der Waals surface area contributed by atoms with E-state index < -0.39 is 28.4 Å². The number of carbonyl (C=O) groups excluding carboxylic acids is 2. The third kappa shape index (κ3) is 4.88. The van der Waals surface area contributed by atoms with Crippen LogP contribution in [-0.2, 0) is 15.3 Å². The van der Waals surface area contributed by atoms with E-state index in [1.807, 2.05) is 18.2 Å². The van der Waals surface area contributed by atoms with Crippen molar-refractivity contribution in [2.24, 2.45) is 0 Å². The van der Waals surface area contributed by atoms with Crippen LogP contribution in [0.25, 0.3) is 5.76 Å². The van der Waals surface area contributed by atoms with E-state index in [0.29, 0.717) is 15.1 Å². The molecule has 4 aromatic rings. The number of nitro groups is 1. The highest BCUT2D eigenvalue weighted by Crippen LogP contribution is 2.44. The van der Waals surface area contributed by atoms with Crippen LogP contribution in [0.1, 0.15) is 22.7 Å². The number of aliphatic hydroxyl groups excluding tert-OH is 1. The van der Waals surface area contributed by atoms with Crippen LogP contribution in [0.2, 0.25) is 5.02 Å². The number of carbonyl (C=O) groups is 2. The third-order valence-corrected chi connectivity index (χ3v) is 8.18. The van der Waals surface area contributed by atoms with Crippen molar-refractivity contribution in [2.75, 3.05) is 4.90 Å². The molecule has 1 unspecified atom stereocenters. The number of aliphatic hydroxyl groups is 1. The van der Waals surface area contributed by atoms with E-state index in [9.17, 15) is 24.8 Å². The first-order valence-electron chi connectivity index (χ1n) is 11.0. The Labute approximate surface area is 228 Å². The fraction of sp³-hybridized carbons (Fsp3) is 0.0800. The third-order valence-electron chi connectivity index (χ3n) is 5.71. The molecule has 1 aliphatic rings. The van der Waals surface area contributed by atoms with E-state index in [2.05, 4.69) is 15.2 Å². The van der Waals surface area contributed by atoms with Gasteiger partial charge in [-0.1, -0.05) is 65.0 Å². The van der Waals surface area contributed by atoms with Gasteiger partial charge in [0, 0.05) is 40.9 Å². The molecule has 190 valence electrons. The summed E-state index contributed by atoms with van der Waals surface area (Å²) in [6, 6.07) is 14.7. The van der Waals surface area contributed by atoms with E-state index in [0.717, 1.165) is 21.8 Å². The minimum Gasteiger partial charge on any atom is -0.507 e. The fourth-order valence-corrected chi connectivity index (χ4v) is 6.09. The molecular weight excluding hydrogens is 550 g/mol. The molecule has 0 saturated carbocycles. The molecule has 0 spiro atoms. The number of halogens is 1. The van der Waals surface area contributed by atoms with E-state index in [1.54, 1.807) is 12.1 Å². The van der Waals surface area contributed by atoms with Crippen molar-refractivity contribution < 1.29 is 19.6 Å². The van der Waals surface area contributed by atoms with Gasteiger partial charge >= 0.3 is 5.91 Å². The first kappa shape index (κ1) is 25.5. The van der Waals surface area contributed by atoms with Crippen LogP contribution in [-0.4, -0.2) is 36.9 Å². The van der Waals surface area contributed by atoms with Crippen molar-refractivity contribution in [3.63, 3.8) is 0 Å². The highest BCUT2D eigenvalue weighted by atomic mass is 35.5. The Bertz CT molecular complexity index is 1590. The summed E-state index contributed by atoms with van der Waals surface area (Å²) < 4.78 is 0.522. The number of anilines is 1. The van der Waals surface area contributed by atoms with Crippen LogP contribution in [0.15, 0.2) is 83.0 Å². The van der Waals surface area contributed by atoms with Crippen LogP contribution in [0.5, 0.6) is 0 Å². The fourth-order valence-electron chi connectivity index (χ4n) is 3.93. The van der Waals surface area contributed by atoms with Crippen molar-refractivity contribution >= 4 is 63.0 Å². The van der Waals surface area contributed by atoms with Gasteiger partial charge in [-0.2, -0.15) is 0 Å². The van der Waals surface area contributed by atoms with Gasteiger partial charge in [0.2, 0.25) is 5.13 Å². The Kier molecular flexibility index (Phi) is 7.18. The number of pyridine rings is 1. The smallest absolute Gasteiger partial charge is 0.301 e. The molecule has 1 aliphatic heterocycles. The number of nitrogens with zero attached hydrogens (tertiary/aromatic N) is 5. The standard InChI is InChI=1S/C25H16ClN5O5S2/c26-18-7-2-1-4-16(18)13-37-25-29-28-24(38-25)30-20(15-5-3-6-17(12-15)31(35)36)19(22(33)23(30)34)21(32)14-8-10-27-11-9-14/h1-12,20,32H,13H2. The number of amides is 1. The molecule has 38 heavy (non-hydrogen) atoms. The highest BCUT2D eigenvalue weighted by Gasteiger charge is 2.48. The van der Waals surface area contributed by atoms with Crippen molar-refractivity contribution in [1.82, 2.24) is 15.2 Å². The summed E-state index contributed by atoms with van der Waals surface area (Å²) in [6.45, 7) is 0. The Balaban J connectivity index is 1.57. The summed E-state index contributed by atoms with van der Waals surface area (Å²) in [5.41, 5.74) is 0.967. The zero-order chi connectivity index (χ0) is 26.8. The average molecular weight is 566 g/mol. The van der Waals surface area contributed by atoms with Crippen molar-refractivity contribution in [3.05, 3.63) is 110 Å². The molecular formula is C25H16ClN5O5S2. The van der Waals surface area contributed by atoms with E-state index >= 15 is 0 Å². The Hall–Kier alpha value is -4.13. The minimum absolute atomic E-state index is 0.110. The molecule has 10 nitrogen and oxygen atoms in total. The lowest BCUT2D eigenvalue weighted by Crippen LogP contribution is -2.29. The predicted molar refractivity (Wildman–Crippen MR) is 143 cm³/mol. The van der Waals surface area contributed by atoms with Crippen LogP contribution < -0.4 is 4.90 Å². The number of nitro benzene ring substituents is 1. The van der Waals surface area contributed by atoms with E-state index in [4.69, 9.17) is 11.6 Å². The van der Waals surface area contributed by atoms with Gasteiger partial charge in [0.1, 0.15) is 5.76 Å². The molecule has 1 N–H and O–H groups in total. The highest BCUT2D eigenvalue weighted by molar-refractivity contribution is 8.00. The number of rotatable bonds is 7. The van der Waals surface area contributed by atoms with Gasteiger partial charge in [0.15, 0.2) is 4.34 Å². The number of Topliss-reactive ketones (excluding diaryl/α,β-unsaturated/α-hetero) is 1. The van der Waals surface area contributed by atoms with Crippen molar-refractivity contribution in [2.45, 2.75) is 16.1 Å². The number of thioether (sulfide) groups is 1. The van der Waals surface area contributed by atoms with Gasteiger partial charge in [-0.3, -0.25) is 29.6 Å². The molecule has 5 rings (SSSR count). The normalized spacial score (nSPS) is 16.7. The van der Waals surface area contributed by atoms with Gasteiger partial charge in [-0.05, 0) is 29.3 Å². The maximum Gasteiger partial charge on any atom is 0.301 e. The zero-order valence-electron chi connectivity index (χ0n) is 19.2. The first-order valence-corrected chi connectivity index (χ1v) is 13.2. The molecule has 2 aromatic heterocycles. The van der Waals surface area contributed by atoms with Crippen LogP contribution in [0.4, 0.5) is 10.8 Å². The second-order valence-corrected chi connectivity index (χ2v) is 10.6. The van der Waals surface area contributed by atoms with Gasteiger partial charge in [-0.15, -0.1) is 10.2 Å². The molecule has 1 atom stereocenters. The zero-order valence-corrected chi connectivity index (χ0v) is 21.6. The lowest BCUT2D eigenvalue weighted by molar-refractivity contribution is -0.384. The Morgan fingerprint density at radius 3 is 2.61 bits per heavy atom. The van der Waals surface area contributed by atoms with E-state index in [-0.39, 0.29) is 27.5 Å². The Morgan fingerprint density at radius 1 is 1.11 bits per heavy atom. The predicted octanol–water partition coefficient (Wildman–Crippen LogP) is 5.41. The second-order valence-electron chi connectivity index (χ2n) is 7.99. The maximum atomic E-state index is 13.3. The number of non-ortho nitro benzene ring substituents is 1. The van der Waals surface area contributed by atoms with Gasteiger partial charge in [0.05, 0.1) is 16.5 Å². The molecule has 3 heterocycles. The molecule has 2 aromatic carbocycles. The molecule has 0 aliphatic carbocycles. The number of aromatic nitrogens is 3. The number of hydrogen-bond acceptors (Lipinski definition) is 10.